The Bertz CT molecular complexity index is 354. The molecule has 0 saturated carbocycles. The number of nitrogens with one attached hydrogen (secondary N) is 1. The third-order valence-corrected chi connectivity index (χ3v) is 3.24. The second-order valence-electron chi connectivity index (χ2n) is 5.78. The van der Waals surface area contributed by atoms with E-state index in [2.05, 4.69) is 50.4 Å². The number of ether oxygens (including phenoxy) is 2. The van der Waals surface area contributed by atoms with Gasteiger partial charge < -0.3 is 14.8 Å². The van der Waals surface area contributed by atoms with E-state index in [0.717, 1.165) is 0 Å². The predicted molar refractivity (Wildman–Crippen MR) is 79.6 cm³/mol. The summed E-state index contributed by atoms with van der Waals surface area (Å²) in [5.74, 6) is 0. The maximum atomic E-state index is 5.59. The third kappa shape index (κ3) is 5.31. The number of benzene rings is 1. The second-order valence-corrected chi connectivity index (χ2v) is 5.78. The molecule has 1 unspecified atom stereocenters. The molecule has 0 spiro atoms. The van der Waals surface area contributed by atoms with Gasteiger partial charge in [-0.25, -0.2) is 0 Å². The summed E-state index contributed by atoms with van der Waals surface area (Å²) in [5, 5.41) is 3.29. The van der Waals surface area contributed by atoms with Gasteiger partial charge in [-0.1, -0.05) is 45.0 Å². The van der Waals surface area contributed by atoms with Crippen molar-refractivity contribution in [3.63, 3.8) is 0 Å². The summed E-state index contributed by atoms with van der Waals surface area (Å²) in [6.45, 7) is 8.62. The van der Waals surface area contributed by atoms with Gasteiger partial charge in [0.15, 0.2) is 0 Å². The first-order valence-corrected chi connectivity index (χ1v) is 6.83. The standard InChI is InChI=1S/C16H27NO2/c1-16(2,3)14-8-6-13(7-9-14)15(17-4)12-19-11-10-18-5/h6-9,15,17H,10-12H2,1-5H3. The number of methoxy groups -OCH3 is 1. The predicted octanol–water partition coefficient (Wildman–Crippen LogP) is 2.91. The molecule has 0 aliphatic rings. The van der Waals surface area contributed by atoms with Crippen LogP contribution >= 0.6 is 0 Å². The van der Waals surface area contributed by atoms with E-state index in [-0.39, 0.29) is 11.5 Å². The van der Waals surface area contributed by atoms with Crippen LogP contribution in [0.3, 0.4) is 0 Å². The fraction of sp³-hybridized carbons (Fsp3) is 0.625. The number of likely N-dealkylation sites (N-methyl/N-ethyl adjacent to an activating group) is 1. The lowest BCUT2D eigenvalue weighted by Crippen LogP contribution is -2.23. The fourth-order valence-electron chi connectivity index (χ4n) is 1.91. The van der Waals surface area contributed by atoms with Gasteiger partial charge in [-0.05, 0) is 23.6 Å². The Morgan fingerprint density at radius 3 is 2.21 bits per heavy atom. The highest BCUT2D eigenvalue weighted by Crippen LogP contribution is 2.24. The van der Waals surface area contributed by atoms with Gasteiger partial charge in [-0.2, -0.15) is 0 Å². The Morgan fingerprint density at radius 1 is 1.11 bits per heavy atom. The molecular formula is C16H27NO2. The average Bonchev–Trinajstić information content (AvgIpc) is 2.38. The van der Waals surface area contributed by atoms with Crippen molar-refractivity contribution in [3.8, 4) is 0 Å². The zero-order chi connectivity index (χ0) is 14.3. The van der Waals surface area contributed by atoms with Crippen molar-refractivity contribution in [3.05, 3.63) is 35.4 Å². The first-order chi connectivity index (χ1) is 8.99. The largest absolute Gasteiger partial charge is 0.382 e. The highest BCUT2D eigenvalue weighted by atomic mass is 16.5. The highest BCUT2D eigenvalue weighted by molar-refractivity contribution is 5.29. The summed E-state index contributed by atoms with van der Waals surface area (Å²) in [4.78, 5) is 0. The van der Waals surface area contributed by atoms with Crippen molar-refractivity contribution in [1.82, 2.24) is 5.32 Å². The van der Waals surface area contributed by atoms with Gasteiger partial charge in [0.1, 0.15) is 0 Å². The minimum atomic E-state index is 0.197. The molecule has 108 valence electrons. The third-order valence-electron chi connectivity index (χ3n) is 3.24. The molecule has 3 heteroatoms. The van der Waals surface area contributed by atoms with Crippen molar-refractivity contribution in [2.45, 2.75) is 32.2 Å². The summed E-state index contributed by atoms with van der Waals surface area (Å²) in [5.41, 5.74) is 2.81. The molecule has 0 amide bonds. The highest BCUT2D eigenvalue weighted by Gasteiger charge is 2.15. The fourth-order valence-corrected chi connectivity index (χ4v) is 1.91. The monoisotopic (exact) mass is 265 g/mol. The topological polar surface area (TPSA) is 30.5 Å². The molecule has 0 bridgehead atoms. The van der Waals surface area contributed by atoms with Crippen LogP contribution in [0.2, 0.25) is 0 Å². The summed E-state index contributed by atoms with van der Waals surface area (Å²) in [7, 11) is 3.64. The summed E-state index contributed by atoms with van der Waals surface area (Å²) in [6, 6.07) is 9.00. The van der Waals surface area contributed by atoms with Crippen molar-refractivity contribution >= 4 is 0 Å². The maximum Gasteiger partial charge on any atom is 0.0701 e. The average molecular weight is 265 g/mol. The Balaban J connectivity index is 2.61. The molecule has 0 aliphatic heterocycles. The van der Waals surface area contributed by atoms with E-state index < -0.39 is 0 Å². The van der Waals surface area contributed by atoms with Gasteiger partial charge >= 0.3 is 0 Å². The van der Waals surface area contributed by atoms with Gasteiger partial charge in [0.05, 0.1) is 25.9 Å². The first-order valence-electron chi connectivity index (χ1n) is 6.83. The lowest BCUT2D eigenvalue weighted by atomic mass is 9.86. The Hall–Kier alpha value is -0.900. The Labute approximate surface area is 117 Å². The van der Waals surface area contributed by atoms with Gasteiger partial charge in [0.25, 0.3) is 0 Å². The summed E-state index contributed by atoms with van der Waals surface area (Å²) >= 11 is 0. The van der Waals surface area contributed by atoms with E-state index in [4.69, 9.17) is 9.47 Å². The molecule has 0 heterocycles. The molecule has 3 nitrogen and oxygen atoms in total. The Morgan fingerprint density at radius 2 is 1.74 bits per heavy atom. The molecule has 0 saturated heterocycles. The second kappa shape index (κ2) is 7.63. The van der Waals surface area contributed by atoms with Crippen LogP contribution in [-0.4, -0.2) is 34.0 Å². The van der Waals surface area contributed by atoms with Crippen LogP contribution in [0.5, 0.6) is 0 Å². The van der Waals surface area contributed by atoms with Gasteiger partial charge in [-0.3, -0.25) is 0 Å². The lowest BCUT2D eigenvalue weighted by Gasteiger charge is -2.21. The minimum absolute atomic E-state index is 0.197. The van der Waals surface area contributed by atoms with Crippen molar-refractivity contribution < 1.29 is 9.47 Å². The van der Waals surface area contributed by atoms with Crippen molar-refractivity contribution in [2.75, 3.05) is 34.0 Å². The molecule has 1 atom stereocenters. The van der Waals surface area contributed by atoms with Crippen LogP contribution in [0.25, 0.3) is 0 Å². The van der Waals surface area contributed by atoms with E-state index in [1.807, 2.05) is 7.05 Å². The molecule has 0 fully saturated rings. The van der Waals surface area contributed by atoms with Gasteiger partial charge in [0, 0.05) is 7.11 Å². The van der Waals surface area contributed by atoms with E-state index in [9.17, 15) is 0 Å². The van der Waals surface area contributed by atoms with Crippen molar-refractivity contribution in [2.24, 2.45) is 0 Å². The zero-order valence-electron chi connectivity index (χ0n) is 12.8. The minimum Gasteiger partial charge on any atom is -0.382 e. The number of rotatable bonds is 7. The molecule has 19 heavy (non-hydrogen) atoms. The van der Waals surface area contributed by atoms with Crippen LogP contribution in [0.1, 0.15) is 37.9 Å². The van der Waals surface area contributed by atoms with Crippen LogP contribution in [0, 0.1) is 0 Å². The molecule has 1 aromatic rings. The summed E-state index contributed by atoms with van der Waals surface area (Å²) < 4.78 is 10.6. The lowest BCUT2D eigenvalue weighted by molar-refractivity contribution is 0.0596. The van der Waals surface area contributed by atoms with Crippen molar-refractivity contribution in [1.29, 1.82) is 0 Å². The molecular weight excluding hydrogens is 238 g/mol. The quantitative estimate of drug-likeness (QED) is 0.769. The van der Waals surface area contributed by atoms with Crippen LogP contribution in [0.15, 0.2) is 24.3 Å². The van der Waals surface area contributed by atoms with Gasteiger partial charge in [0.2, 0.25) is 0 Å². The van der Waals surface area contributed by atoms with E-state index in [1.54, 1.807) is 7.11 Å². The molecule has 0 aromatic heterocycles. The number of hydrogen-bond acceptors (Lipinski definition) is 3. The first kappa shape index (κ1) is 16.2. The van der Waals surface area contributed by atoms with Crippen LogP contribution in [0.4, 0.5) is 0 Å². The molecule has 1 aromatic carbocycles. The van der Waals surface area contributed by atoms with Gasteiger partial charge in [-0.15, -0.1) is 0 Å². The molecule has 0 radical (unpaired) electrons. The summed E-state index contributed by atoms with van der Waals surface area (Å²) in [6.07, 6.45) is 0. The smallest absolute Gasteiger partial charge is 0.0701 e. The molecule has 1 N–H and O–H groups in total. The van der Waals surface area contributed by atoms with E-state index >= 15 is 0 Å². The Kier molecular flexibility index (Phi) is 6.49. The zero-order valence-corrected chi connectivity index (χ0v) is 12.8. The van der Waals surface area contributed by atoms with Crippen LogP contribution in [-0.2, 0) is 14.9 Å². The van der Waals surface area contributed by atoms with E-state index in [1.165, 1.54) is 11.1 Å². The SMILES string of the molecule is CNC(COCCOC)c1ccc(C(C)(C)C)cc1. The molecule has 0 aliphatic carbocycles. The normalized spacial score (nSPS) is 13.5. The molecule has 1 rings (SSSR count). The maximum absolute atomic E-state index is 5.59. The van der Waals surface area contributed by atoms with E-state index in [0.29, 0.717) is 19.8 Å². The van der Waals surface area contributed by atoms with Crippen LogP contribution < -0.4 is 5.32 Å². The number of hydrogen-bond donors (Lipinski definition) is 1.